The lowest BCUT2D eigenvalue weighted by Crippen LogP contribution is -2.47. The number of allylic oxidation sites excluding steroid dienone is 2. The Bertz CT molecular complexity index is 1060. The number of hydrogen-bond donors (Lipinski definition) is 2. The van der Waals surface area contributed by atoms with Crippen molar-refractivity contribution in [2.75, 3.05) is 20.3 Å². The quantitative estimate of drug-likeness (QED) is 0.144. The van der Waals surface area contributed by atoms with Crippen molar-refractivity contribution in [1.29, 1.82) is 0 Å². The molecule has 4 rings (SSSR count). The number of aliphatic hydroxyl groups excluding tert-OH is 2. The fourth-order valence-corrected chi connectivity index (χ4v) is 8.09. The Morgan fingerprint density at radius 3 is 2.47 bits per heavy atom. The second-order valence-corrected chi connectivity index (χ2v) is 13.8. The van der Waals surface area contributed by atoms with E-state index in [1.807, 2.05) is 13.0 Å². The summed E-state index contributed by atoms with van der Waals surface area (Å²) in [6, 6.07) is 0. The highest BCUT2D eigenvalue weighted by atomic mass is 16.6. The first kappa shape index (κ1) is 33.9. The van der Waals surface area contributed by atoms with Gasteiger partial charge in [0.05, 0.1) is 31.0 Å². The monoisotopic (exact) mass is 602 g/mol. The Labute approximate surface area is 257 Å². The van der Waals surface area contributed by atoms with Crippen molar-refractivity contribution in [3.63, 3.8) is 0 Å². The molecule has 0 spiro atoms. The molecule has 3 saturated heterocycles. The van der Waals surface area contributed by atoms with Gasteiger partial charge in [-0.15, -0.1) is 0 Å². The summed E-state index contributed by atoms with van der Waals surface area (Å²) in [5, 5.41) is 21.3. The van der Waals surface area contributed by atoms with Crippen molar-refractivity contribution in [3.8, 4) is 0 Å². The number of ether oxygens (including phenoxy) is 4. The van der Waals surface area contributed by atoms with Gasteiger partial charge >= 0.3 is 5.97 Å². The van der Waals surface area contributed by atoms with Gasteiger partial charge in [0.1, 0.15) is 17.4 Å². The molecular weight excluding hydrogens is 548 g/mol. The number of fused-ring (bicyclic) bond motifs is 1. The van der Waals surface area contributed by atoms with Gasteiger partial charge in [-0.1, -0.05) is 65.7 Å². The molecule has 2 N–H and O–H groups in total. The van der Waals surface area contributed by atoms with Gasteiger partial charge in [-0.2, -0.15) is 0 Å². The Hall–Kier alpha value is -2.00. The van der Waals surface area contributed by atoms with E-state index in [4.69, 9.17) is 18.9 Å². The van der Waals surface area contributed by atoms with Crippen molar-refractivity contribution < 1.29 is 38.7 Å². The van der Waals surface area contributed by atoms with Crippen LogP contribution in [0.4, 0.5) is 0 Å². The zero-order valence-electron chi connectivity index (χ0n) is 27.2. The van der Waals surface area contributed by atoms with E-state index in [0.29, 0.717) is 24.0 Å². The van der Waals surface area contributed by atoms with Crippen LogP contribution in [0.3, 0.4) is 0 Å². The summed E-state index contributed by atoms with van der Waals surface area (Å²) in [4.78, 5) is 25.1. The summed E-state index contributed by atoms with van der Waals surface area (Å²) in [7, 11) is 1.71. The first-order valence-corrected chi connectivity index (χ1v) is 16.4. The number of esters is 1. The molecule has 4 fully saturated rings. The summed E-state index contributed by atoms with van der Waals surface area (Å²) >= 11 is 0. The number of aliphatic hydroxyl groups is 2. The van der Waals surface area contributed by atoms with E-state index in [1.54, 1.807) is 7.11 Å². The molecule has 0 bridgehead atoms. The van der Waals surface area contributed by atoms with Gasteiger partial charge in [0, 0.05) is 24.9 Å². The third-order valence-corrected chi connectivity index (χ3v) is 10.6. The lowest BCUT2D eigenvalue weighted by Gasteiger charge is -2.49. The predicted molar refractivity (Wildman–Crippen MR) is 164 cm³/mol. The minimum atomic E-state index is -0.606. The average Bonchev–Trinajstić information content (AvgIpc) is 3.54. The van der Waals surface area contributed by atoms with Gasteiger partial charge < -0.3 is 29.2 Å². The second kappa shape index (κ2) is 14.9. The third-order valence-electron chi connectivity index (χ3n) is 10.6. The van der Waals surface area contributed by atoms with Crippen LogP contribution in [-0.4, -0.2) is 72.8 Å². The molecule has 0 unspecified atom stereocenters. The van der Waals surface area contributed by atoms with Crippen molar-refractivity contribution >= 4 is 11.8 Å². The molecule has 3 aliphatic heterocycles. The molecule has 8 heteroatoms. The topological polar surface area (TPSA) is 112 Å². The lowest BCUT2D eigenvalue weighted by atomic mass is 9.62. The fraction of sp³-hybridized carbons (Fsp3) is 0.771. The number of Topliss-reactive ketones (excluding diaryl/α,β-unsaturated/α-hetero) is 1. The molecule has 8 nitrogen and oxygen atoms in total. The van der Waals surface area contributed by atoms with Gasteiger partial charge in [0.2, 0.25) is 5.78 Å². The Morgan fingerprint density at radius 1 is 1.07 bits per heavy atom. The summed E-state index contributed by atoms with van der Waals surface area (Å²) in [6.07, 6.45) is 10.8. The minimum absolute atomic E-state index is 0.0457. The van der Waals surface area contributed by atoms with Crippen molar-refractivity contribution in [3.05, 3.63) is 35.1 Å². The summed E-state index contributed by atoms with van der Waals surface area (Å²) in [6.45, 7) is 12.4. The number of carbonyl (C=O) groups excluding carboxylic acids is 2. The summed E-state index contributed by atoms with van der Waals surface area (Å²) in [5.74, 6) is 0.971. The van der Waals surface area contributed by atoms with E-state index in [-0.39, 0.29) is 72.5 Å². The number of methoxy groups -OCH3 is 1. The van der Waals surface area contributed by atoms with Gasteiger partial charge in [-0.05, 0) is 61.9 Å². The molecule has 43 heavy (non-hydrogen) atoms. The van der Waals surface area contributed by atoms with Crippen molar-refractivity contribution in [2.45, 2.75) is 111 Å². The van der Waals surface area contributed by atoms with Gasteiger partial charge in [-0.25, -0.2) is 4.79 Å². The molecule has 0 aromatic heterocycles. The van der Waals surface area contributed by atoms with Crippen molar-refractivity contribution in [1.82, 2.24) is 0 Å². The molecule has 0 amide bonds. The van der Waals surface area contributed by atoms with E-state index in [1.165, 1.54) is 0 Å². The molecule has 1 saturated carbocycles. The molecule has 1 aliphatic carbocycles. The summed E-state index contributed by atoms with van der Waals surface area (Å²) in [5.41, 5.74) is 0.829. The van der Waals surface area contributed by atoms with Crippen LogP contribution in [-0.2, 0) is 28.5 Å². The number of rotatable bonds is 11. The average molecular weight is 603 g/mol. The van der Waals surface area contributed by atoms with Crippen LogP contribution in [0.25, 0.3) is 0 Å². The van der Waals surface area contributed by atoms with Crippen LogP contribution in [0.5, 0.6) is 0 Å². The maximum atomic E-state index is 12.6. The highest BCUT2D eigenvalue weighted by molar-refractivity contribution is 6.22. The van der Waals surface area contributed by atoms with Crippen LogP contribution >= 0.6 is 0 Å². The molecule has 12 atom stereocenters. The Kier molecular flexibility index (Phi) is 11.7. The van der Waals surface area contributed by atoms with Gasteiger partial charge in [0.15, 0.2) is 6.61 Å². The minimum Gasteiger partial charge on any atom is -0.489 e. The zero-order chi connectivity index (χ0) is 31.4. The summed E-state index contributed by atoms with van der Waals surface area (Å²) < 4.78 is 23.3. The van der Waals surface area contributed by atoms with Gasteiger partial charge in [-0.3, -0.25) is 4.79 Å². The maximum Gasteiger partial charge on any atom is 0.345 e. The molecule has 242 valence electrons. The smallest absolute Gasteiger partial charge is 0.345 e. The first-order valence-electron chi connectivity index (χ1n) is 16.4. The van der Waals surface area contributed by atoms with Crippen LogP contribution in [0.15, 0.2) is 35.1 Å². The van der Waals surface area contributed by atoms with Gasteiger partial charge in [0.25, 0.3) is 0 Å². The Balaban J connectivity index is 1.41. The number of carbonyl (C=O) groups is 2. The van der Waals surface area contributed by atoms with E-state index >= 15 is 0 Å². The molecular formula is C35H54O8. The maximum absolute atomic E-state index is 12.6. The Morgan fingerprint density at radius 2 is 1.81 bits per heavy atom. The van der Waals surface area contributed by atoms with Crippen LogP contribution in [0, 0.1) is 41.4 Å². The normalized spacial score (nSPS) is 38.0. The van der Waals surface area contributed by atoms with E-state index < -0.39 is 18.2 Å². The van der Waals surface area contributed by atoms with Crippen LogP contribution in [0.2, 0.25) is 0 Å². The highest BCUT2D eigenvalue weighted by Crippen LogP contribution is 2.51. The lowest BCUT2D eigenvalue weighted by molar-refractivity contribution is -0.136. The number of ketones is 1. The molecule has 0 aromatic carbocycles. The number of hydrogen-bond acceptors (Lipinski definition) is 8. The van der Waals surface area contributed by atoms with E-state index in [2.05, 4.69) is 46.8 Å². The van der Waals surface area contributed by atoms with Crippen LogP contribution in [0.1, 0.15) is 80.1 Å². The SMILES string of the molecule is CO[C@@H](C)[C@H]1C[C@H](C)[C@H]([C@@H](C)/C=C/[C@@H](O)CC[C@@H](C)/C=C(\CO)[C@H]2O/C(=C3\C(=O)COC3=O)[C@@H](C)[C@@H]3[C@@H]2CCC[C@H]3C)O1. The first-order chi connectivity index (χ1) is 20.5. The zero-order valence-corrected chi connectivity index (χ0v) is 27.2. The molecule has 3 heterocycles. The molecule has 0 aromatic rings. The van der Waals surface area contributed by atoms with E-state index in [9.17, 15) is 19.8 Å². The fourth-order valence-electron chi connectivity index (χ4n) is 8.09. The second-order valence-electron chi connectivity index (χ2n) is 13.8. The molecule has 4 aliphatic rings. The molecule has 0 radical (unpaired) electrons. The van der Waals surface area contributed by atoms with E-state index in [0.717, 1.165) is 37.7 Å². The van der Waals surface area contributed by atoms with Crippen LogP contribution < -0.4 is 0 Å². The number of cyclic esters (lactones) is 1. The largest absolute Gasteiger partial charge is 0.489 e. The highest BCUT2D eigenvalue weighted by Gasteiger charge is 2.49. The third kappa shape index (κ3) is 7.63. The predicted octanol–water partition coefficient (Wildman–Crippen LogP) is 5.17. The van der Waals surface area contributed by atoms with Crippen molar-refractivity contribution in [2.24, 2.45) is 41.4 Å². The standard InChI is InChI=1S/C35H54O8/c1-19(11-13-26(37)14-12-21(3)32-22(4)16-29(42-32)24(6)40-7)15-25(17-36)34-27-10-8-9-20(2)30(27)23(5)33(43-34)31-28(38)18-41-35(31)39/h12,14-15,19-24,26-27,29-30,32,34,36-37H,8-11,13,16-18H2,1-7H3/b14-12+,25-15+,33-31+/t19-,20-,21+,22+,23+,24+,26+,27+,29-,30-,32+,34-/m1/s1.